The minimum Gasteiger partial charge on any atom is -0.330 e. The number of carbonyl (C=O) groups excluding carboxylic acids is 3. The van der Waals surface area contributed by atoms with Crippen molar-refractivity contribution in [3.8, 4) is 6.07 Å². The van der Waals surface area contributed by atoms with E-state index in [1.54, 1.807) is 6.92 Å². The van der Waals surface area contributed by atoms with Crippen molar-refractivity contribution in [2.24, 2.45) is 0 Å². The summed E-state index contributed by atoms with van der Waals surface area (Å²) in [5.74, 6) is -0.640. The molecule has 0 aliphatic carbocycles. The average molecular weight is 237 g/mol. The maximum absolute atomic E-state index is 11.7. The Hall–Kier alpha value is -1.90. The molecule has 0 aromatic carbocycles. The molecule has 1 heterocycles. The summed E-state index contributed by atoms with van der Waals surface area (Å²) in [6.45, 7) is 2.39. The van der Waals surface area contributed by atoms with Crippen LogP contribution < -0.4 is 0 Å². The molecule has 17 heavy (non-hydrogen) atoms. The third kappa shape index (κ3) is 3.28. The van der Waals surface area contributed by atoms with Crippen LogP contribution in [0.15, 0.2) is 0 Å². The smallest absolute Gasteiger partial charge is 0.229 e. The van der Waals surface area contributed by atoms with Gasteiger partial charge in [0, 0.05) is 32.4 Å². The van der Waals surface area contributed by atoms with Gasteiger partial charge in [-0.05, 0) is 6.92 Å². The van der Waals surface area contributed by atoms with E-state index in [1.807, 2.05) is 6.07 Å². The molecule has 3 amide bonds. The molecule has 6 heteroatoms. The normalized spacial score (nSPS) is 14.9. The molecule has 6 nitrogen and oxygen atoms in total. The zero-order valence-electron chi connectivity index (χ0n) is 9.81. The Labute approximate surface area is 99.8 Å². The number of imide groups is 1. The number of amides is 3. The second-order valence-corrected chi connectivity index (χ2v) is 3.76. The first-order chi connectivity index (χ1) is 8.10. The van der Waals surface area contributed by atoms with Gasteiger partial charge in [0.25, 0.3) is 0 Å². The van der Waals surface area contributed by atoms with Crippen molar-refractivity contribution < 1.29 is 14.4 Å². The summed E-state index contributed by atoms with van der Waals surface area (Å²) in [7, 11) is 0. The van der Waals surface area contributed by atoms with Crippen LogP contribution in [-0.4, -0.2) is 47.2 Å². The molecule has 0 spiro atoms. The SMILES string of the molecule is CCN(CC#N)C(=O)CCN1C(=O)CCC1=O. The summed E-state index contributed by atoms with van der Waals surface area (Å²) < 4.78 is 0. The van der Waals surface area contributed by atoms with Gasteiger partial charge in [0.15, 0.2) is 0 Å². The molecule has 1 saturated heterocycles. The molecule has 0 aromatic heterocycles. The van der Waals surface area contributed by atoms with Crippen LogP contribution in [-0.2, 0) is 14.4 Å². The quantitative estimate of drug-likeness (QED) is 0.494. The molecule has 1 rings (SSSR count). The van der Waals surface area contributed by atoms with Crippen LogP contribution in [0.2, 0.25) is 0 Å². The fourth-order valence-electron chi connectivity index (χ4n) is 1.70. The summed E-state index contributed by atoms with van der Waals surface area (Å²) in [6.07, 6.45) is 0.568. The van der Waals surface area contributed by atoms with Gasteiger partial charge in [-0.25, -0.2) is 0 Å². The lowest BCUT2D eigenvalue weighted by Crippen LogP contribution is -2.36. The van der Waals surface area contributed by atoms with Crippen LogP contribution in [0.1, 0.15) is 26.2 Å². The van der Waals surface area contributed by atoms with Crippen molar-refractivity contribution in [2.45, 2.75) is 26.2 Å². The number of hydrogen-bond acceptors (Lipinski definition) is 4. The molecule has 0 saturated carbocycles. The Kier molecular flexibility index (Phi) is 4.64. The number of hydrogen-bond donors (Lipinski definition) is 0. The minimum absolute atomic E-state index is 0.0389. The number of rotatable bonds is 5. The Morgan fingerprint density at radius 3 is 2.47 bits per heavy atom. The summed E-state index contributed by atoms with van der Waals surface area (Å²) >= 11 is 0. The fourth-order valence-corrected chi connectivity index (χ4v) is 1.70. The van der Waals surface area contributed by atoms with Crippen LogP contribution in [0.25, 0.3) is 0 Å². The zero-order valence-corrected chi connectivity index (χ0v) is 9.81. The highest BCUT2D eigenvalue weighted by Crippen LogP contribution is 2.12. The lowest BCUT2D eigenvalue weighted by Gasteiger charge is -2.19. The van der Waals surface area contributed by atoms with Gasteiger partial charge in [-0.2, -0.15) is 5.26 Å². The molecule has 0 aromatic rings. The molecular weight excluding hydrogens is 222 g/mol. The van der Waals surface area contributed by atoms with Crippen LogP contribution >= 0.6 is 0 Å². The maximum atomic E-state index is 11.7. The van der Waals surface area contributed by atoms with E-state index in [0.29, 0.717) is 6.54 Å². The molecule has 0 N–H and O–H groups in total. The van der Waals surface area contributed by atoms with E-state index in [1.165, 1.54) is 4.90 Å². The van der Waals surface area contributed by atoms with E-state index >= 15 is 0 Å². The molecule has 92 valence electrons. The van der Waals surface area contributed by atoms with Gasteiger partial charge in [-0.3, -0.25) is 19.3 Å². The van der Waals surface area contributed by atoms with Gasteiger partial charge in [0.1, 0.15) is 6.54 Å². The van der Waals surface area contributed by atoms with E-state index in [4.69, 9.17) is 5.26 Å². The lowest BCUT2D eigenvalue weighted by molar-refractivity contribution is -0.139. The Balaban J connectivity index is 2.45. The summed E-state index contributed by atoms with van der Waals surface area (Å²) in [5.41, 5.74) is 0. The molecule has 0 atom stereocenters. The van der Waals surface area contributed by atoms with Crippen molar-refractivity contribution in [2.75, 3.05) is 19.6 Å². The third-order valence-electron chi connectivity index (χ3n) is 2.70. The number of nitriles is 1. The van der Waals surface area contributed by atoms with Gasteiger partial charge in [0.2, 0.25) is 17.7 Å². The Bertz CT molecular complexity index is 357. The van der Waals surface area contributed by atoms with Crippen molar-refractivity contribution in [3.63, 3.8) is 0 Å². The van der Waals surface area contributed by atoms with Crippen LogP contribution in [0.5, 0.6) is 0 Å². The number of nitrogens with zero attached hydrogens (tertiary/aromatic N) is 3. The van der Waals surface area contributed by atoms with E-state index in [-0.39, 0.29) is 50.1 Å². The van der Waals surface area contributed by atoms with Gasteiger partial charge >= 0.3 is 0 Å². The molecule has 0 radical (unpaired) electrons. The van der Waals surface area contributed by atoms with Crippen LogP contribution in [0, 0.1) is 11.3 Å². The van der Waals surface area contributed by atoms with Crippen molar-refractivity contribution in [1.29, 1.82) is 5.26 Å². The monoisotopic (exact) mass is 237 g/mol. The topological polar surface area (TPSA) is 81.5 Å². The summed E-state index contributed by atoms with van der Waals surface area (Å²) in [5, 5.41) is 8.52. The highest BCUT2D eigenvalue weighted by Gasteiger charge is 2.29. The minimum atomic E-state index is -0.217. The number of carbonyl (C=O) groups is 3. The van der Waals surface area contributed by atoms with Crippen molar-refractivity contribution in [1.82, 2.24) is 9.80 Å². The largest absolute Gasteiger partial charge is 0.330 e. The second kappa shape index (κ2) is 5.99. The van der Waals surface area contributed by atoms with E-state index in [2.05, 4.69) is 0 Å². The molecule has 0 unspecified atom stereocenters. The predicted molar refractivity (Wildman–Crippen MR) is 58.4 cm³/mol. The second-order valence-electron chi connectivity index (χ2n) is 3.76. The van der Waals surface area contributed by atoms with Gasteiger partial charge < -0.3 is 4.90 Å². The Morgan fingerprint density at radius 1 is 1.41 bits per heavy atom. The molecule has 0 bridgehead atoms. The molecule has 1 aliphatic heterocycles. The highest BCUT2D eigenvalue weighted by molar-refractivity contribution is 6.02. The standard InChI is InChI=1S/C11H15N3O3/c1-2-13(8-6-12)9(15)5-7-14-10(16)3-4-11(14)17/h2-5,7-8H2,1H3. The first-order valence-electron chi connectivity index (χ1n) is 5.58. The van der Waals surface area contributed by atoms with Crippen LogP contribution in [0.3, 0.4) is 0 Å². The van der Waals surface area contributed by atoms with Gasteiger partial charge in [-0.1, -0.05) is 0 Å². The highest BCUT2D eigenvalue weighted by atomic mass is 16.2. The van der Waals surface area contributed by atoms with Gasteiger partial charge in [-0.15, -0.1) is 0 Å². The van der Waals surface area contributed by atoms with E-state index in [9.17, 15) is 14.4 Å². The third-order valence-corrected chi connectivity index (χ3v) is 2.70. The first kappa shape index (κ1) is 13.2. The van der Waals surface area contributed by atoms with Crippen molar-refractivity contribution in [3.05, 3.63) is 0 Å². The summed E-state index contributed by atoms with van der Waals surface area (Å²) in [6, 6.07) is 1.90. The van der Waals surface area contributed by atoms with E-state index < -0.39 is 0 Å². The lowest BCUT2D eigenvalue weighted by atomic mass is 10.3. The average Bonchev–Trinajstić information content (AvgIpc) is 2.63. The van der Waals surface area contributed by atoms with Crippen molar-refractivity contribution >= 4 is 17.7 Å². The summed E-state index contributed by atoms with van der Waals surface area (Å²) in [4.78, 5) is 36.8. The Morgan fingerprint density at radius 2 is 2.00 bits per heavy atom. The molecule has 1 aliphatic rings. The van der Waals surface area contributed by atoms with Crippen LogP contribution in [0.4, 0.5) is 0 Å². The maximum Gasteiger partial charge on any atom is 0.229 e. The molecular formula is C11H15N3O3. The predicted octanol–water partition coefficient (Wildman–Crippen LogP) is -0.102. The fraction of sp³-hybridized carbons (Fsp3) is 0.636. The van der Waals surface area contributed by atoms with E-state index in [0.717, 1.165) is 4.90 Å². The number of likely N-dealkylation sites (tertiary alicyclic amines) is 1. The molecule has 1 fully saturated rings. The first-order valence-corrected chi connectivity index (χ1v) is 5.58. The zero-order chi connectivity index (χ0) is 12.8. The van der Waals surface area contributed by atoms with Gasteiger partial charge in [0.05, 0.1) is 6.07 Å².